The van der Waals surface area contributed by atoms with Gasteiger partial charge in [0.2, 0.25) is 0 Å². The fourth-order valence-corrected chi connectivity index (χ4v) is 3.78. The summed E-state index contributed by atoms with van der Waals surface area (Å²) >= 11 is 0. The molecule has 0 spiro atoms. The van der Waals surface area contributed by atoms with Crippen LogP contribution in [0.4, 0.5) is 0 Å². The maximum Gasteiger partial charge on any atom is -0.0348 e. The first-order valence-corrected chi connectivity index (χ1v) is 12.5. The summed E-state index contributed by atoms with van der Waals surface area (Å²) < 4.78 is 0. The fourth-order valence-electron chi connectivity index (χ4n) is 3.78. The molecule has 0 fully saturated rings. The van der Waals surface area contributed by atoms with Crippen molar-refractivity contribution in [3.05, 3.63) is 12.2 Å². The Morgan fingerprint density at radius 3 is 1.42 bits per heavy atom. The van der Waals surface area contributed by atoms with Crippen LogP contribution < -0.4 is 0 Å². The molecular weight excluding hydrogens is 312 g/mol. The van der Waals surface area contributed by atoms with Gasteiger partial charge in [-0.2, -0.15) is 0 Å². The predicted molar refractivity (Wildman–Crippen MR) is 122 cm³/mol. The molecule has 0 nitrogen and oxygen atoms in total. The van der Waals surface area contributed by atoms with Gasteiger partial charge in [0.05, 0.1) is 0 Å². The molecule has 0 N–H and O–H groups in total. The number of rotatable bonds is 21. The van der Waals surface area contributed by atoms with Gasteiger partial charge in [-0.25, -0.2) is 0 Å². The van der Waals surface area contributed by atoms with Gasteiger partial charge in [0, 0.05) is 0 Å². The van der Waals surface area contributed by atoms with E-state index in [0.717, 1.165) is 5.92 Å². The summed E-state index contributed by atoms with van der Waals surface area (Å²) in [6, 6.07) is 0. The van der Waals surface area contributed by atoms with Gasteiger partial charge in [-0.05, 0) is 31.6 Å². The number of hydrogen-bond donors (Lipinski definition) is 0. The van der Waals surface area contributed by atoms with Crippen molar-refractivity contribution in [1.82, 2.24) is 0 Å². The molecule has 0 aliphatic carbocycles. The molecule has 0 aromatic carbocycles. The van der Waals surface area contributed by atoms with Crippen LogP contribution in [0.5, 0.6) is 0 Å². The molecule has 0 aromatic rings. The molecule has 0 heteroatoms. The van der Waals surface area contributed by atoms with Crippen LogP contribution in [0.1, 0.15) is 149 Å². The summed E-state index contributed by atoms with van der Waals surface area (Å²) in [4.78, 5) is 0. The van der Waals surface area contributed by atoms with Crippen LogP contribution in [0.2, 0.25) is 0 Å². The van der Waals surface area contributed by atoms with E-state index in [2.05, 4.69) is 32.9 Å². The van der Waals surface area contributed by atoms with Crippen LogP contribution in [0.15, 0.2) is 12.2 Å². The molecule has 0 saturated carbocycles. The molecule has 0 bridgehead atoms. The minimum absolute atomic E-state index is 0.920. The highest BCUT2D eigenvalue weighted by atomic mass is 14.1. The van der Waals surface area contributed by atoms with Crippen LogP contribution in [0.3, 0.4) is 0 Å². The van der Waals surface area contributed by atoms with Crippen molar-refractivity contribution < 1.29 is 0 Å². The fraction of sp³-hybridized carbons (Fsp3) is 0.923. The van der Waals surface area contributed by atoms with E-state index < -0.39 is 0 Å². The highest BCUT2D eigenvalue weighted by Gasteiger charge is 2.00. The highest BCUT2D eigenvalue weighted by molar-refractivity contribution is 4.81. The topological polar surface area (TPSA) is 0 Å². The average Bonchev–Trinajstić information content (AvgIpc) is 2.65. The number of hydrogen-bond acceptors (Lipinski definition) is 0. The summed E-state index contributed by atoms with van der Waals surface area (Å²) in [5.41, 5.74) is 0. The minimum Gasteiger partial charge on any atom is -0.0885 e. The third-order valence-corrected chi connectivity index (χ3v) is 5.77. The minimum atomic E-state index is 0.920. The summed E-state index contributed by atoms with van der Waals surface area (Å²) in [5.74, 6) is 0.920. The Morgan fingerprint density at radius 1 is 0.462 bits per heavy atom. The van der Waals surface area contributed by atoms with E-state index in [1.165, 1.54) is 128 Å². The van der Waals surface area contributed by atoms with E-state index in [4.69, 9.17) is 0 Å². The lowest BCUT2D eigenvalue weighted by molar-refractivity contribution is 0.459. The Kier molecular flexibility index (Phi) is 22.6. The van der Waals surface area contributed by atoms with Gasteiger partial charge in [0.1, 0.15) is 0 Å². The first-order chi connectivity index (χ1) is 12.8. The van der Waals surface area contributed by atoms with Crippen molar-refractivity contribution in [2.24, 2.45) is 5.92 Å². The Morgan fingerprint density at radius 2 is 0.885 bits per heavy atom. The zero-order valence-corrected chi connectivity index (χ0v) is 18.9. The van der Waals surface area contributed by atoms with Crippen molar-refractivity contribution in [2.45, 2.75) is 149 Å². The maximum atomic E-state index is 2.45. The van der Waals surface area contributed by atoms with Gasteiger partial charge < -0.3 is 0 Å². The molecule has 1 atom stereocenters. The summed E-state index contributed by atoms with van der Waals surface area (Å²) in [5, 5.41) is 0. The molecule has 0 radical (unpaired) electrons. The first-order valence-electron chi connectivity index (χ1n) is 12.5. The van der Waals surface area contributed by atoms with Gasteiger partial charge in [-0.1, -0.05) is 136 Å². The molecule has 0 aliphatic rings. The van der Waals surface area contributed by atoms with E-state index in [1.807, 2.05) is 0 Å². The zero-order chi connectivity index (χ0) is 19.1. The quantitative estimate of drug-likeness (QED) is 0.140. The summed E-state index contributed by atoms with van der Waals surface area (Å²) in [6.45, 7) is 7.04. The zero-order valence-electron chi connectivity index (χ0n) is 18.9. The van der Waals surface area contributed by atoms with Crippen LogP contribution in [-0.4, -0.2) is 0 Å². The lowest BCUT2D eigenvalue weighted by Crippen LogP contribution is -1.94. The number of allylic oxidation sites excluding steroid dienone is 2. The van der Waals surface area contributed by atoms with E-state index >= 15 is 0 Å². The molecule has 0 aromatic heterocycles. The van der Waals surface area contributed by atoms with Crippen molar-refractivity contribution in [3.8, 4) is 0 Å². The van der Waals surface area contributed by atoms with Crippen molar-refractivity contribution in [2.75, 3.05) is 0 Å². The maximum absolute atomic E-state index is 2.45. The van der Waals surface area contributed by atoms with E-state index in [-0.39, 0.29) is 0 Å². The summed E-state index contributed by atoms with van der Waals surface area (Å²) in [6.07, 6.45) is 33.4. The molecule has 0 rings (SSSR count). The predicted octanol–water partition coefficient (Wildman–Crippen LogP) is 10.0. The molecule has 0 saturated heterocycles. The second kappa shape index (κ2) is 22.8. The average molecular weight is 365 g/mol. The van der Waals surface area contributed by atoms with Gasteiger partial charge in [-0.3, -0.25) is 0 Å². The van der Waals surface area contributed by atoms with Crippen LogP contribution in [0.25, 0.3) is 0 Å². The Labute approximate surface area is 167 Å². The Bertz CT molecular complexity index is 265. The second-order valence-electron chi connectivity index (χ2n) is 8.68. The second-order valence-corrected chi connectivity index (χ2v) is 8.68. The van der Waals surface area contributed by atoms with Crippen molar-refractivity contribution in [1.29, 1.82) is 0 Å². The van der Waals surface area contributed by atoms with E-state index in [0.29, 0.717) is 0 Å². The van der Waals surface area contributed by atoms with Crippen LogP contribution >= 0.6 is 0 Å². The first kappa shape index (κ1) is 25.7. The van der Waals surface area contributed by atoms with E-state index in [1.54, 1.807) is 0 Å². The van der Waals surface area contributed by atoms with Crippen molar-refractivity contribution in [3.63, 3.8) is 0 Å². The van der Waals surface area contributed by atoms with Gasteiger partial charge >= 0.3 is 0 Å². The summed E-state index contributed by atoms with van der Waals surface area (Å²) in [7, 11) is 0. The smallest absolute Gasteiger partial charge is 0.0348 e. The Balaban J connectivity index is 3.20. The molecule has 0 unspecified atom stereocenters. The van der Waals surface area contributed by atoms with Gasteiger partial charge in [-0.15, -0.1) is 0 Å². The molecule has 156 valence electrons. The molecule has 26 heavy (non-hydrogen) atoms. The molecule has 0 heterocycles. The molecule has 0 amide bonds. The van der Waals surface area contributed by atoms with E-state index in [9.17, 15) is 0 Å². The largest absolute Gasteiger partial charge is 0.0885 e. The van der Waals surface area contributed by atoms with Gasteiger partial charge in [0.25, 0.3) is 0 Å². The lowest BCUT2D eigenvalue weighted by atomic mass is 9.97. The molecule has 0 aliphatic heterocycles. The third-order valence-electron chi connectivity index (χ3n) is 5.77. The monoisotopic (exact) mass is 364 g/mol. The third kappa shape index (κ3) is 21.8. The molecular formula is C26H52. The SMILES string of the molecule is CCCCCCCCCCCCC=CCC[C@H](C)CCCCCCCC. The van der Waals surface area contributed by atoms with Crippen LogP contribution in [0, 0.1) is 5.92 Å². The standard InChI is InChI=1S/C26H52/c1-4-6-8-10-12-13-14-15-16-17-18-19-21-23-25-26(3)24-22-20-11-9-7-5-2/h19,21,26H,4-18,20,22-25H2,1-3H3/t26-/m1/s1. The van der Waals surface area contributed by atoms with Crippen molar-refractivity contribution >= 4 is 0 Å². The lowest BCUT2D eigenvalue weighted by Gasteiger charge is -2.09. The number of unbranched alkanes of at least 4 members (excludes halogenated alkanes) is 15. The highest BCUT2D eigenvalue weighted by Crippen LogP contribution is 2.17. The normalized spacial score (nSPS) is 12.9. The Hall–Kier alpha value is -0.260. The van der Waals surface area contributed by atoms with Crippen LogP contribution in [-0.2, 0) is 0 Å². The van der Waals surface area contributed by atoms with Gasteiger partial charge in [0.15, 0.2) is 0 Å².